The molecule has 3 rings (SSSR count). The first kappa shape index (κ1) is 25.2. The number of rotatable bonds is 9. The molecule has 1 fully saturated rings. The average Bonchev–Trinajstić information content (AvgIpc) is 2.98. The van der Waals surface area contributed by atoms with Gasteiger partial charge >= 0.3 is 0 Å². The van der Waals surface area contributed by atoms with Crippen molar-refractivity contribution in [3.8, 4) is 0 Å². The lowest BCUT2D eigenvalue weighted by atomic mass is 9.80. The zero-order chi connectivity index (χ0) is 23.4. The lowest BCUT2D eigenvalue weighted by Gasteiger charge is -2.39. The van der Waals surface area contributed by atoms with Crippen molar-refractivity contribution in [3.63, 3.8) is 0 Å². The smallest absolute Gasteiger partial charge is 0.218 e. The molecule has 1 unspecified atom stereocenters. The van der Waals surface area contributed by atoms with E-state index in [9.17, 15) is 0 Å². The Morgan fingerprint density at radius 1 is 0.906 bits per heavy atom. The van der Waals surface area contributed by atoms with Gasteiger partial charge in [0.15, 0.2) is 8.32 Å². The summed E-state index contributed by atoms with van der Waals surface area (Å²) in [4.78, 5) is 0. The summed E-state index contributed by atoms with van der Waals surface area (Å²) in [5.41, 5.74) is 3.29. The van der Waals surface area contributed by atoms with Gasteiger partial charge in [0.25, 0.3) is 0 Å². The molecule has 0 N–H and O–H groups in total. The lowest BCUT2D eigenvalue weighted by Crippen LogP contribution is -2.45. The van der Waals surface area contributed by atoms with Crippen molar-refractivity contribution in [1.82, 2.24) is 0 Å². The Morgan fingerprint density at radius 3 is 1.91 bits per heavy atom. The molecular weight excluding hydrogens is 424 g/mol. The average molecular weight is 467 g/mol. The number of benzene rings is 2. The van der Waals surface area contributed by atoms with Crippen LogP contribution in [-0.2, 0) is 14.5 Å². The van der Waals surface area contributed by atoms with E-state index in [1.165, 1.54) is 47.6 Å². The van der Waals surface area contributed by atoms with Gasteiger partial charge in [0.1, 0.15) is 11.7 Å². The third-order valence-corrected chi connectivity index (χ3v) is 10.2. The van der Waals surface area contributed by atoms with Crippen LogP contribution in [0.1, 0.15) is 57.1 Å². The van der Waals surface area contributed by atoms with Crippen molar-refractivity contribution in [2.24, 2.45) is 0 Å². The van der Waals surface area contributed by atoms with E-state index in [0.717, 1.165) is 6.42 Å². The van der Waals surface area contributed by atoms with Crippen LogP contribution < -0.4 is 0 Å². The Hall–Kier alpha value is -1.47. The van der Waals surface area contributed by atoms with Crippen molar-refractivity contribution in [1.29, 1.82) is 0 Å². The lowest BCUT2D eigenvalue weighted by molar-refractivity contribution is 0.0256. The molecule has 0 aromatic heterocycles. The summed E-state index contributed by atoms with van der Waals surface area (Å²) < 4.78 is 14.4. The number of hydrogen-bond donors (Lipinski definition) is 0. The van der Waals surface area contributed by atoms with E-state index in [4.69, 9.17) is 8.85 Å². The van der Waals surface area contributed by atoms with Crippen molar-refractivity contribution in [2.75, 3.05) is 0 Å². The first-order valence-electron chi connectivity index (χ1n) is 12.3. The van der Waals surface area contributed by atoms with Crippen LogP contribution in [-0.4, -0.2) is 22.7 Å². The molecular formula is C28H42O2Si2. The fraction of sp³-hybridized carbons (Fsp3) is 0.500. The van der Waals surface area contributed by atoms with E-state index in [0.29, 0.717) is 0 Å². The summed E-state index contributed by atoms with van der Waals surface area (Å²) >= 11 is 0. The highest BCUT2D eigenvalue weighted by atomic mass is 28.4. The monoisotopic (exact) mass is 466 g/mol. The van der Waals surface area contributed by atoms with Crippen LogP contribution in [0.3, 0.4) is 0 Å². The van der Waals surface area contributed by atoms with Gasteiger partial charge in [-0.25, -0.2) is 0 Å². The van der Waals surface area contributed by atoms with E-state index in [1.54, 1.807) is 0 Å². The molecule has 1 aliphatic rings. The standard InChI is InChI=1S/C28H42O2Si2/c1-8-9-10-13-18-23(2)26-27(29-31(3,4)5)28(30-32(26,6)7,24-19-14-11-15-20-24)25-21-16-12-17-22-25/h11-12,14-17,19-22,27H,8-10,13,18H2,1-7H3/b26-23-. The van der Waals surface area contributed by atoms with Crippen LogP contribution in [0, 0.1) is 0 Å². The van der Waals surface area contributed by atoms with Crippen LogP contribution >= 0.6 is 0 Å². The number of unbranched alkanes of at least 4 members (excludes halogenated alkanes) is 3. The van der Waals surface area contributed by atoms with E-state index in [2.05, 4.69) is 107 Å². The summed E-state index contributed by atoms with van der Waals surface area (Å²) in [5, 5.41) is 1.48. The van der Waals surface area contributed by atoms with Crippen LogP contribution in [0.15, 0.2) is 71.4 Å². The second kappa shape index (κ2) is 10.2. The van der Waals surface area contributed by atoms with Gasteiger partial charge < -0.3 is 8.85 Å². The zero-order valence-electron chi connectivity index (χ0n) is 21.2. The maximum atomic E-state index is 7.31. The molecule has 32 heavy (non-hydrogen) atoms. The molecule has 1 aliphatic heterocycles. The predicted molar refractivity (Wildman–Crippen MR) is 142 cm³/mol. The fourth-order valence-corrected chi connectivity index (χ4v) is 9.59. The van der Waals surface area contributed by atoms with Gasteiger partial charge in [-0.15, -0.1) is 0 Å². The van der Waals surface area contributed by atoms with Gasteiger partial charge in [-0.3, -0.25) is 0 Å². The minimum Gasteiger partial charge on any atom is -0.408 e. The first-order valence-corrected chi connectivity index (χ1v) is 18.6. The Kier molecular flexibility index (Phi) is 8.03. The van der Waals surface area contributed by atoms with Crippen molar-refractivity contribution in [3.05, 3.63) is 82.6 Å². The first-order chi connectivity index (χ1) is 15.1. The molecule has 0 saturated carbocycles. The Labute approximate surface area is 198 Å². The van der Waals surface area contributed by atoms with E-state index in [1.807, 2.05) is 0 Å². The molecule has 2 aromatic carbocycles. The van der Waals surface area contributed by atoms with E-state index < -0.39 is 22.2 Å². The SMILES string of the molecule is CCCCCC/C(C)=C1/C(O[Si](C)(C)C)C(c2ccccc2)(c2ccccc2)O[Si]1(C)C. The molecule has 0 spiro atoms. The summed E-state index contributed by atoms with van der Waals surface area (Å²) in [7, 11) is -4.05. The van der Waals surface area contributed by atoms with E-state index in [-0.39, 0.29) is 6.10 Å². The summed E-state index contributed by atoms with van der Waals surface area (Å²) in [6.07, 6.45) is 6.19. The minimum absolute atomic E-state index is 0.0770. The highest BCUT2D eigenvalue weighted by molar-refractivity contribution is 6.80. The second-order valence-electron chi connectivity index (χ2n) is 10.7. The van der Waals surface area contributed by atoms with Gasteiger partial charge in [0.05, 0.1) is 0 Å². The molecule has 1 heterocycles. The van der Waals surface area contributed by atoms with Gasteiger partial charge in [-0.05, 0) is 68.8 Å². The molecule has 0 radical (unpaired) electrons. The van der Waals surface area contributed by atoms with Gasteiger partial charge in [0.2, 0.25) is 8.32 Å². The maximum absolute atomic E-state index is 7.31. The van der Waals surface area contributed by atoms with Gasteiger partial charge in [-0.1, -0.05) is 92.4 Å². The quantitative estimate of drug-likeness (QED) is 0.274. The molecule has 2 nitrogen and oxygen atoms in total. The van der Waals surface area contributed by atoms with Gasteiger partial charge in [0, 0.05) is 0 Å². The van der Waals surface area contributed by atoms with Gasteiger partial charge in [-0.2, -0.15) is 0 Å². The molecule has 0 amide bonds. The molecule has 2 aromatic rings. The molecule has 174 valence electrons. The summed E-state index contributed by atoms with van der Waals surface area (Å²) in [6.45, 7) is 16.3. The Balaban J connectivity index is 2.21. The largest absolute Gasteiger partial charge is 0.408 e. The highest BCUT2D eigenvalue weighted by Gasteiger charge is 2.60. The summed E-state index contributed by atoms with van der Waals surface area (Å²) in [6, 6.07) is 21.6. The van der Waals surface area contributed by atoms with Crippen LogP contribution in [0.2, 0.25) is 32.7 Å². The van der Waals surface area contributed by atoms with Crippen molar-refractivity contribution in [2.45, 2.75) is 90.4 Å². The number of allylic oxidation sites excluding steroid dienone is 1. The summed E-state index contributed by atoms with van der Waals surface area (Å²) in [5.74, 6) is 0. The number of hydrogen-bond acceptors (Lipinski definition) is 2. The maximum Gasteiger partial charge on any atom is 0.218 e. The molecule has 0 bridgehead atoms. The van der Waals surface area contributed by atoms with Crippen LogP contribution in [0.25, 0.3) is 0 Å². The Morgan fingerprint density at radius 2 is 1.44 bits per heavy atom. The molecule has 1 atom stereocenters. The topological polar surface area (TPSA) is 18.5 Å². The zero-order valence-corrected chi connectivity index (χ0v) is 23.2. The van der Waals surface area contributed by atoms with Crippen molar-refractivity contribution < 1.29 is 8.85 Å². The molecule has 0 aliphatic carbocycles. The second-order valence-corrected chi connectivity index (χ2v) is 18.9. The minimum atomic E-state index is -2.19. The fourth-order valence-electron chi connectivity index (χ4n) is 5.17. The van der Waals surface area contributed by atoms with Crippen LogP contribution in [0.5, 0.6) is 0 Å². The van der Waals surface area contributed by atoms with E-state index >= 15 is 0 Å². The highest BCUT2D eigenvalue weighted by Crippen LogP contribution is 2.53. The predicted octanol–water partition coefficient (Wildman–Crippen LogP) is 8.21. The third kappa shape index (κ3) is 5.36. The van der Waals surface area contributed by atoms with Crippen molar-refractivity contribution >= 4 is 16.6 Å². The Bertz CT molecular complexity index is 859. The normalized spacial score (nSPS) is 21.5. The third-order valence-electron chi connectivity index (χ3n) is 6.44. The molecule has 1 saturated heterocycles. The molecule has 4 heteroatoms. The van der Waals surface area contributed by atoms with Crippen LogP contribution in [0.4, 0.5) is 0 Å².